The molecular formula is C24H28ClN5O3S2. The van der Waals surface area contributed by atoms with E-state index in [4.69, 9.17) is 16.3 Å². The van der Waals surface area contributed by atoms with Crippen LogP contribution >= 0.6 is 35.1 Å². The van der Waals surface area contributed by atoms with Crippen LogP contribution in [0.4, 0.5) is 5.69 Å². The number of carbonyl (C=O) groups excluding carboxylic acids is 2. The van der Waals surface area contributed by atoms with Gasteiger partial charge in [0.2, 0.25) is 5.91 Å². The number of aromatic nitrogens is 3. The van der Waals surface area contributed by atoms with E-state index >= 15 is 0 Å². The van der Waals surface area contributed by atoms with Gasteiger partial charge in [-0.15, -0.1) is 10.2 Å². The normalized spacial score (nSPS) is 11.7. The number of thioether (sulfide) groups is 2. The third kappa shape index (κ3) is 7.65. The van der Waals surface area contributed by atoms with Crippen LogP contribution in [0.2, 0.25) is 5.02 Å². The van der Waals surface area contributed by atoms with E-state index in [1.165, 1.54) is 11.8 Å². The van der Waals surface area contributed by atoms with E-state index in [-0.39, 0.29) is 23.6 Å². The summed E-state index contributed by atoms with van der Waals surface area (Å²) >= 11 is 8.98. The first kappa shape index (κ1) is 26.9. The summed E-state index contributed by atoms with van der Waals surface area (Å²) in [6, 6.07) is 13.6. The number of benzene rings is 2. The minimum Gasteiger partial charge on any atom is -0.497 e. The van der Waals surface area contributed by atoms with Gasteiger partial charge in [-0.25, -0.2) is 0 Å². The molecule has 1 aromatic heterocycles. The summed E-state index contributed by atoms with van der Waals surface area (Å²) in [7, 11) is 1.58. The molecule has 186 valence electrons. The molecule has 3 aromatic rings. The topological polar surface area (TPSA) is 98.1 Å². The SMILES string of the molecule is CCn1c(SCC(=O)Nc2cccc(Cl)c2)nnc1[C@@H](CCSC)NC(=O)c1ccc(OC)cc1. The number of halogens is 1. The number of hydrogen-bond acceptors (Lipinski definition) is 7. The zero-order valence-corrected chi connectivity index (χ0v) is 22.2. The van der Waals surface area contributed by atoms with Crippen LogP contribution in [-0.2, 0) is 11.3 Å². The Labute approximate surface area is 218 Å². The molecule has 1 heterocycles. The molecule has 0 fully saturated rings. The molecule has 2 aromatic carbocycles. The van der Waals surface area contributed by atoms with Gasteiger partial charge in [0.05, 0.1) is 18.9 Å². The molecule has 0 aliphatic rings. The van der Waals surface area contributed by atoms with E-state index < -0.39 is 0 Å². The minimum absolute atomic E-state index is 0.165. The maximum Gasteiger partial charge on any atom is 0.251 e. The van der Waals surface area contributed by atoms with Crippen LogP contribution in [0.1, 0.15) is 35.6 Å². The van der Waals surface area contributed by atoms with E-state index in [1.54, 1.807) is 67.4 Å². The van der Waals surface area contributed by atoms with Gasteiger partial charge in [-0.05, 0) is 67.8 Å². The smallest absolute Gasteiger partial charge is 0.251 e. The van der Waals surface area contributed by atoms with Crippen molar-refractivity contribution in [2.24, 2.45) is 0 Å². The second-order valence-corrected chi connectivity index (χ2v) is 9.83. The van der Waals surface area contributed by atoms with Gasteiger partial charge in [0.15, 0.2) is 11.0 Å². The second-order valence-electron chi connectivity index (χ2n) is 7.47. The Hall–Kier alpha value is -2.69. The molecule has 0 aliphatic heterocycles. The fourth-order valence-electron chi connectivity index (χ4n) is 3.34. The lowest BCUT2D eigenvalue weighted by atomic mass is 10.1. The number of ether oxygens (including phenoxy) is 1. The third-order valence-electron chi connectivity index (χ3n) is 5.08. The number of methoxy groups -OCH3 is 1. The highest BCUT2D eigenvalue weighted by Crippen LogP contribution is 2.24. The first-order valence-corrected chi connectivity index (χ1v) is 13.8. The summed E-state index contributed by atoms with van der Waals surface area (Å²) in [5.41, 5.74) is 1.17. The van der Waals surface area contributed by atoms with Crippen LogP contribution in [0.25, 0.3) is 0 Å². The van der Waals surface area contributed by atoms with Crippen molar-refractivity contribution in [3.05, 3.63) is 64.9 Å². The average molecular weight is 534 g/mol. The Bertz CT molecular complexity index is 1140. The summed E-state index contributed by atoms with van der Waals surface area (Å²) < 4.78 is 7.11. The fourth-order valence-corrected chi connectivity index (χ4v) is 4.81. The van der Waals surface area contributed by atoms with Crippen LogP contribution in [-0.4, -0.2) is 51.5 Å². The first-order chi connectivity index (χ1) is 16.9. The molecule has 0 saturated heterocycles. The molecule has 8 nitrogen and oxygen atoms in total. The molecule has 2 amide bonds. The Morgan fingerprint density at radius 3 is 2.60 bits per heavy atom. The number of nitrogens with one attached hydrogen (secondary N) is 2. The van der Waals surface area contributed by atoms with Crippen molar-refractivity contribution in [1.82, 2.24) is 20.1 Å². The predicted molar refractivity (Wildman–Crippen MR) is 143 cm³/mol. The van der Waals surface area contributed by atoms with E-state index in [0.717, 1.165) is 5.75 Å². The fraction of sp³-hybridized carbons (Fsp3) is 0.333. The summed E-state index contributed by atoms with van der Waals surface area (Å²) in [4.78, 5) is 25.4. The number of anilines is 1. The number of rotatable bonds is 12. The van der Waals surface area contributed by atoms with Crippen LogP contribution in [0.5, 0.6) is 5.75 Å². The molecule has 11 heteroatoms. The van der Waals surface area contributed by atoms with Gasteiger partial charge in [-0.3, -0.25) is 9.59 Å². The lowest BCUT2D eigenvalue weighted by molar-refractivity contribution is -0.113. The van der Waals surface area contributed by atoms with Crippen molar-refractivity contribution in [1.29, 1.82) is 0 Å². The zero-order chi connectivity index (χ0) is 25.2. The zero-order valence-electron chi connectivity index (χ0n) is 19.8. The quantitative estimate of drug-likeness (QED) is 0.319. The largest absolute Gasteiger partial charge is 0.497 e. The van der Waals surface area contributed by atoms with E-state index in [9.17, 15) is 9.59 Å². The van der Waals surface area contributed by atoms with Crippen molar-refractivity contribution < 1.29 is 14.3 Å². The number of hydrogen-bond donors (Lipinski definition) is 2. The van der Waals surface area contributed by atoms with Crippen molar-refractivity contribution >= 4 is 52.6 Å². The number of amides is 2. The Kier molecular flexibility index (Phi) is 10.3. The van der Waals surface area contributed by atoms with E-state index in [0.29, 0.717) is 46.0 Å². The average Bonchev–Trinajstić information content (AvgIpc) is 3.28. The maximum atomic E-state index is 12.9. The number of carbonyl (C=O) groups is 2. The first-order valence-electron chi connectivity index (χ1n) is 11.0. The Balaban J connectivity index is 1.70. The monoisotopic (exact) mass is 533 g/mol. The van der Waals surface area contributed by atoms with Crippen molar-refractivity contribution in [2.45, 2.75) is 31.1 Å². The van der Waals surface area contributed by atoms with Gasteiger partial charge in [0, 0.05) is 22.8 Å². The summed E-state index contributed by atoms with van der Waals surface area (Å²) in [6.45, 7) is 2.59. The van der Waals surface area contributed by atoms with Gasteiger partial charge >= 0.3 is 0 Å². The van der Waals surface area contributed by atoms with Gasteiger partial charge in [0.1, 0.15) is 5.75 Å². The molecule has 0 aliphatic carbocycles. The van der Waals surface area contributed by atoms with Crippen molar-refractivity contribution in [3.8, 4) is 5.75 Å². The van der Waals surface area contributed by atoms with E-state index in [2.05, 4.69) is 20.8 Å². The highest BCUT2D eigenvalue weighted by molar-refractivity contribution is 7.99. The molecule has 35 heavy (non-hydrogen) atoms. The van der Waals surface area contributed by atoms with Crippen LogP contribution < -0.4 is 15.4 Å². The Morgan fingerprint density at radius 2 is 1.94 bits per heavy atom. The van der Waals surface area contributed by atoms with E-state index in [1.807, 2.05) is 17.7 Å². The van der Waals surface area contributed by atoms with Gasteiger partial charge in [0.25, 0.3) is 5.91 Å². The van der Waals surface area contributed by atoms with Crippen LogP contribution in [0.3, 0.4) is 0 Å². The molecule has 0 radical (unpaired) electrons. The molecular weight excluding hydrogens is 506 g/mol. The molecule has 2 N–H and O–H groups in total. The molecule has 3 rings (SSSR count). The second kappa shape index (κ2) is 13.4. The molecule has 1 atom stereocenters. The molecule has 0 unspecified atom stereocenters. The molecule has 0 bridgehead atoms. The van der Waals surface area contributed by atoms with Crippen molar-refractivity contribution in [2.75, 3.05) is 30.2 Å². The van der Waals surface area contributed by atoms with Crippen molar-refractivity contribution in [3.63, 3.8) is 0 Å². The lowest BCUT2D eigenvalue weighted by Crippen LogP contribution is -2.31. The lowest BCUT2D eigenvalue weighted by Gasteiger charge is -2.19. The maximum absolute atomic E-state index is 12.9. The summed E-state index contributed by atoms with van der Waals surface area (Å²) in [6.07, 6.45) is 2.72. The highest BCUT2D eigenvalue weighted by atomic mass is 35.5. The third-order valence-corrected chi connectivity index (χ3v) is 6.93. The van der Waals surface area contributed by atoms with Gasteiger partial charge < -0.3 is 19.9 Å². The van der Waals surface area contributed by atoms with Gasteiger partial charge in [-0.2, -0.15) is 11.8 Å². The summed E-state index contributed by atoms with van der Waals surface area (Å²) in [5, 5.41) is 15.8. The highest BCUT2D eigenvalue weighted by Gasteiger charge is 2.23. The standard InChI is InChI=1S/C24H28ClN5O3S2/c1-4-30-22(20(12-13-34-3)27-23(32)16-8-10-19(33-2)11-9-16)28-29-24(30)35-15-21(31)26-18-7-5-6-17(25)14-18/h5-11,14,20H,4,12-13,15H2,1-3H3,(H,26,31)(H,27,32)/t20-/m1/s1. The molecule has 0 saturated carbocycles. The van der Waals surface area contributed by atoms with Crippen LogP contribution in [0, 0.1) is 0 Å². The summed E-state index contributed by atoms with van der Waals surface area (Å²) in [5.74, 6) is 2.00. The number of nitrogens with zero attached hydrogens (tertiary/aromatic N) is 3. The molecule has 0 spiro atoms. The minimum atomic E-state index is -0.320. The van der Waals surface area contributed by atoms with Crippen LogP contribution in [0.15, 0.2) is 53.7 Å². The van der Waals surface area contributed by atoms with Gasteiger partial charge in [-0.1, -0.05) is 29.4 Å². The predicted octanol–water partition coefficient (Wildman–Crippen LogP) is 4.92. The Morgan fingerprint density at radius 1 is 1.17 bits per heavy atom.